The highest BCUT2D eigenvalue weighted by Crippen LogP contribution is 2.34. The highest BCUT2D eigenvalue weighted by molar-refractivity contribution is 6.39. The molecule has 146 valence electrons. The number of carbonyl (C=O) groups is 2. The van der Waals surface area contributed by atoms with Crippen LogP contribution in [0.5, 0.6) is 0 Å². The lowest BCUT2D eigenvalue weighted by atomic mass is 9.88. The van der Waals surface area contributed by atoms with E-state index < -0.39 is 5.60 Å². The predicted molar refractivity (Wildman–Crippen MR) is 100 cm³/mol. The quantitative estimate of drug-likeness (QED) is 0.846. The van der Waals surface area contributed by atoms with Gasteiger partial charge in [0.1, 0.15) is 11.4 Å². The van der Waals surface area contributed by atoms with Gasteiger partial charge in [-0.25, -0.2) is 0 Å². The Kier molecular flexibility index (Phi) is 4.81. The van der Waals surface area contributed by atoms with Crippen molar-refractivity contribution >= 4 is 17.5 Å². The van der Waals surface area contributed by atoms with Crippen molar-refractivity contribution in [3.05, 3.63) is 48.0 Å². The van der Waals surface area contributed by atoms with Crippen molar-refractivity contribution < 1.29 is 14.4 Å². The maximum absolute atomic E-state index is 12.8. The van der Waals surface area contributed by atoms with E-state index in [1.165, 1.54) is 0 Å². The van der Waals surface area contributed by atoms with Crippen LogP contribution in [0.2, 0.25) is 0 Å². The maximum atomic E-state index is 12.8. The molecular formula is C19H22N6O3. The van der Waals surface area contributed by atoms with Crippen LogP contribution in [0.4, 0.5) is 0 Å². The summed E-state index contributed by atoms with van der Waals surface area (Å²) in [5.74, 6) is -0.340. The van der Waals surface area contributed by atoms with E-state index in [1.54, 1.807) is 41.3 Å². The maximum Gasteiger partial charge on any atom is 0.272 e. The summed E-state index contributed by atoms with van der Waals surface area (Å²) in [5.41, 5.74) is 1.17. The van der Waals surface area contributed by atoms with Crippen LogP contribution in [0.15, 0.2) is 41.9 Å². The molecule has 2 aromatic heterocycles. The fourth-order valence-corrected chi connectivity index (χ4v) is 3.67. The molecule has 0 aliphatic carbocycles. The van der Waals surface area contributed by atoms with E-state index in [9.17, 15) is 9.59 Å². The first kappa shape index (κ1) is 18.1. The van der Waals surface area contributed by atoms with Crippen LogP contribution in [0, 0.1) is 0 Å². The van der Waals surface area contributed by atoms with E-state index >= 15 is 0 Å². The standard InChI is InChI=1S/C19H22N6O3/c1-24-16(5-8-22-24)18(27)25-9-3-6-19(13-25)10-15(23-28-19)17(26)21-12-14-4-2-7-20-11-14/h2,4-5,7-8,11H,3,6,9-10,12-13H2,1H3,(H,21,26)/t19-/m1/s1. The lowest BCUT2D eigenvalue weighted by molar-refractivity contribution is -0.115. The largest absolute Gasteiger partial charge is 0.386 e. The Morgan fingerprint density at radius 3 is 2.96 bits per heavy atom. The molecule has 0 bridgehead atoms. The van der Waals surface area contributed by atoms with Crippen molar-refractivity contribution in [1.82, 2.24) is 25.0 Å². The summed E-state index contributed by atoms with van der Waals surface area (Å²) in [6.45, 7) is 1.43. The van der Waals surface area contributed by atoms with Crippen LogP contribution in [-0.4, -0.2) is 55.9 Å². The van der Waals surface area contributed by atoms with Gasteiger partial charge in [-0.1, -0.05) is 11.2 Å². The van der Waals surface area contributed by atoms with Crippen LogP contribution < -0.4 is 5.32 Å². The normalized spacial score (nSPS) is 21.3. The third-order valence-electron chi connectivity index (χ3n) is 5.14. The summed E-state index contributed by atoms with van der Waals surface area (Å²) >= 11 is 0. The van der Waals surface area contributed by atoms with E-state index in [4.69, 9.17) is 4.84 Å². The number of pyridine rings is 1. The molecule has 1 fully saturated rings. The minimum atomic E-state index is -0.631. The molecule has 2 amide bonds. The zero-order valence-electron chi connectivity index (χ0n) is 15.7. The number of oxime groups is 1. The fraction of sp³-hybridized carbons (Fsp3) is 0.421. The van der Waals surface area contributed by atoms with E-state index in [2.05, 4.69) is 20.6 Å². The second-order valence-corrected chi connectivity index (χ2v) is 7.20. The molecule has 2 aliphatic rings. The topological polar surface area (TPSA) is 102 Å². The van der Waals surface area contributed by atoms with Crippen LogP contribution >= 0.6 is 0 Å². The van der Waals surface area contributed by atoms with Gasteiger partial charge in [0, 0.05) is 45.1 Å². The Balaban J connectivity index is 1.37. The van der Waals surface area contributed by atoms with Gasteiger partial charge in [0.05, 0.1) is 6.54 Å². The molecular weight excluding hydrogens is 360 g/mol. The minimum absolute atomic E-state index is 0.0860. The van der Waals surface area contributed by atoms with E-state index in [0.29, 0.717) is 37.5 Å². The fourth-order valence-electron chi connectivity index (χ4n) is 3.67. The molecule has 0 saturated carbocycles. The molecule has 1 atom stereocenters. The summed E-state index contributed by atoms with van der Waals surface area (Å²) < 4.78 is 1.56. The minimum Gasteiger partial charge on any atom is -0.386 e. The molecule has 0 unspecified atom stereocenters. The van der Waals surface area contributed by atoms with Crippen molar-refractivity contribution in [3.63, 3.8) is 0 Å². The molecule has 4 heterocycles. The van der Waals surface area contributed by atoms with Gasteiger partial charge < -0.3 is 15.1 Å². The first-order chi connectivity index (χ1) is 13.6. The SMILES string of the molecule is Cn1nccc1C(=O)N1CCC[C@@]2(CC(C(=O)NCc3cccnc3)=NO2)C1. The third kappa shape index (κ3) is 3.60. The average molecular weight is 382 g/mol. The number of aryl methyl sites for hydroxylation is 1. The molecule has 1 spiro atoms. The predicted octanol–water partition coefficient (Wildman–Crippen LogP) is 0.883. The Hall–Kier alpha value is -3.23. The first-order valence-corrected chi connectivity index (χ1v) is 9.26. The van der Waals surface area contributed by atoms with Gasteiger partial charge in [-0.3, -0.25) is 19.3 Å². The monoisotopic (exact) mass is 382 g/mol. The molecule has 0 radical (unpaired) electrons. The lowest BCUT2D eigenvalue weighted by Gasteiger charge is -2.38. The number of piperidine rings is 1. The smallest absolute Gasteiger partial charge is 0.272 e. The second-order valence-electron chi connectivity index (χ2n) is 7.20. The van der Waals surface area contributed by atoms with E-state index in [1.807, 2.05) is 12.1 Å². The van der Waals surface area contributed by atoms with Crippen LogP contribution in [0.3, 0.4) is 0 Å². The molecule has 4 rings (SSSR count). The first-order valence-electron chi connectivity index (χ1n) is 9.26. The zero-order chi connectivity index (χ0) is 19.6. The van der Waals surface area contributed by atoms with Crippen molar-refractivity contribution in [2.24, 2.45) is 12.2 Å². The average Bonchev–Trinajstić information content (AvgIpc) is 3.33. The van der Waals surface area contributed by atoms with Gasteiger partial charge >= 0.3 is 0 Å². The summed E-state index contributed by atoms with van der Waals surface area (Å²) in [6, 6.07) is 5.42. The molecule has 9 heteroatoms. The number of likely N-dealkylation sites (tertiary alicyclic amines) is 1. The lowest BCUT2D eigenvalue weighted by Crippen LogP contribution is -2.51. The van der Waals surface area contributed by atoms with Gasteiger partial charge in [0.2, 0.25) is 0 Å². The number of rotatable bonds is 4. The van der Waals surface area contributed by atoms with Crippen LogP contribution in [0.1, 0.15) is 35.3 Å². The summed E-state index contributed by atoms with van der Waals surface area (Å²) in [4.78, 5) is 36.7. The number of hydrogen-bond acceptors (Lipinski definition) is 6. The Morgan fingerprint density at radius 1 is 1.32 bits per heavy atom. The highest BCUT2D eigenvalue weighted by atomic mass is 16.7. The van der Waals surface area contributed by atoms with E-state index in [0.717, 1.165) is 18.4 Å². The summed E-state index contributed by atoms with van der Waals surface area (Å²) in [5, 5.41) is 10.9. The molecule has 0 aromatic carbocycles. The van der Waals surface area contributed by atoms with Gasteiger partial charge in [0.25, 0.3) is 11.8 Å². The molecule has 1 N–H and O–H groups in total. The summed E-state index contributed by atoms with van der Waals surface area (Å²) in [6.07, 6.45) is 6.94. The second kappa shape index (κ2) is 7.41. The number of amides is 2. The molecule has 9 nitrogen and oxygen atoms in total. The summed E-state index contributed by atoms with van der Waals surface area (Å²) in [7, 11) is 1.74. The Bertz CT molecular complexity index is 909. The molecule has 2 aromatic rings. The number of nitrogens with zero attached hydrogens (tertiary/aromatic N) is 5. The van der Waals surface area contributed by atoms with Gasteiger partial charge in [-0.05, 0) is 30.5 Å². The molecule has 28 heavy (non-hydrogen) atoms. The van der Waals surface area contributed by atoms with Crippen LogP contribution in [0.25, 0.3) is 0 Å². The third-order valence-corrected chi connectivity index (χ3v) is 5.14. The number of nitrogens with one attached hydrogen (secondary N) is 1. The number of aromatic nitrogens is 3. The zero-order valence-corrected chi connectivity index (χ0v) is 15.7. The van der Waals surface area contributed by atoms with Crippen molar-refractivity contribution in [3.8, 4) is 0 Å². The number of carbonyl (C=O) groups excluding carboxylic acids is 2. The van der Waals surface area contributed by atoms with Crippen molar-refractivity contribution in [2.75, 3.05) is 13.1 Å². The van der Waals surface area contributed by atoms with Crippen LogP contribution in [-0.2, 0) is 23.2 Å². The van der Waals surface area contributed by atoms with E-state index in [-0.39, 0.29) is 11.8 Å². The molecule has 1 saturated heterocycles. The van der Waals surface area contributed by atoms with Gasteiger partial charge in [-0.2, -0.15) is 5.10 Å². The Labute approximate surface area is 162 Å². The van der Waals surface area contributed by atoms with Gasteiger partial charge in [-0.15, -0.1) is 0 Å². The van der Waals surface area contributed by atoms with Crippen molar-refractivity contribution in [1.29, 1.82) is 0 Å². The molecule has 2 aliphatic heterocycles. The number of hydrogen-bond donors (Lipinski definition) is 1. The Morgan fingerprint density at radius 2 is 2.21 bits per heavy atom. The highest BCUT2D eigenvalue weighted by Gasteiger charge is 2.45. The van der Waals surface area contributed by atoms with Gasteiger partial charge in [0.15, 0.2) is 5.60 Å². The van der Waals surface area contributed by atoms with Crippen molar-refractivity contribution in [2.45, 2.75) is 31.4 Å².